The lowest BCUT2D eigenvalue weighted by atomic mass is 9.97. The molecule has 1 saturated heterocycles. The number of benzene rings is 2. The molecule has 1 fully saturated rings. The second kappa shape index (κ2) is 10.3. The number of rotatable bonds is 6. The van der Waals surface area contributed by atoms with Crippen LogP contribution in [0.1, 0.15) is 18.4 Å². The molecule has 0 bridgehead atoms. The summed E-state index contributed by atoms with van der Waals surface area (Å²) in [4.78, 5) is 18.3. The molecule has 1 unspecified atom stereocenters. The molecule has 28 heavy (non-hydrogen) atoms. The van der Waals surface area contributed by atoms with Crippen LogP contribution in [0.2, 0.25) is 0 Å². The van der Waals surface area contributed by atoms with Crippen LogP contribution in [0.15, 0.2) is 59.6 Å². The topological polar surface area (TPSA) is 67.9 Å². The van der Waals surface area contributed by atoms with Crippen molar-refractivity contribution < 1.29 is 9.53 Å². The van der Waals surface area contributed by atoms with E-state index in [0.717, 1.165) is 50.3 Å². The Morgan fingerprint density at radius 1 is 1.21 bits per heavy atom. The SMILES string of the molecule is CSC(=Nc1ccccc1)Oc1ccc(CCN2CCCC(C(N)=O)C2)cc1. The Balaban J connectivity index is 1.53. The van der Waals surface area contributed by atoms with E-state index in [1.54, 1.807) is 0 Å². The van der Waals surface area contributed by atoms with Crippen molar-refractivity contribution in [3.05, 3.63) is 60.2 Å². The molecular weight excluding hydrogens is 370 g/mol. The van der Waals surface area contributed by atoms with E-state index >= 15 is 0 Å². The van der Waals surface area contributed by atoms with Gasteiger partial charge in [-0.1, -0.05) is 42.1 Å². The molecule has 0 aromatic heterocycles. The summed E-state index contributed by atoms with van der Waals surface area (Å²) in [6.45, 7) is 2.76. The molecule has 0 saturated carbocycles. The smallest absolute Gasteiger partial charge is 0.256 e. The highest BCUT2D eigenvalue weighted by Gasteiger charge is 2.23. The lowest BCUT2D eigenvalue weighted by molar-refractivity contribution is -0.123. The van der Waals surface area contributed by atoms with Crippen molar-refractivity contribution in [2.24, 2.45) is 16.6 Å². The van der Waals surface area contributed by atoms with E-state index in [-0.39, 0.29) is 11.8 Å². The summed E-state index contributed by atoms with van der Waals surface area (Å²) < 4.78 is 5.91. The highest BCUT2D eigenvalue weighted by molar-refractivity contribution is 8.13. The Hall–Kier alpha value is -2.31. The van der Waals surface area contributed by atoms with E-state index < -0.39 is 0 Å². The van der Waals surface area contributed by atoms with Gasteiger partial charge in [0.15, 0.2) is 0 Å². The van der Waals surface area contributed by atoms with Gasteiger partial charge in [0.1, 0.15) is 5.75 Å². The van der Waals surface area contributed by atoms with E-state index in [1.165, 1.54) is 17.3 Å². The van der Waals surface area contributed by atoms with Gasteiger partial charge in [-0.15, -0.1) is 0 Å². The highest BCUT2D eigenvalue weighted by atomic mass is 32.2. The predicted molar refractivity (Wildman–Crippen MR) is 116 cm³/mol. The van der Waals surface area contributed by atoms with Crippen LogP contribution in [0.25, 0.3) is 0 Å². The van der Waals surface area contributed by atoms with Crippen molar-refractivity contribution in [1.29, 1.82) is 0 Å². The second-order valence-corrected chi connectivity index (χ2v) is 7.71. The van der Waals surface area contributed by atoms with Crippen LogP contribution in [-0.4, -0.2) is 41.9 Å². The molecule has 6 heteroatoms. The van der Waals surface area contributed by atoms with Crippen LogP contribution < -0.4 is 10.5 Å². The van der Waals surface area contributed by atoms with E-state index in [9.17, 15) is 4.79 Å². The number of aliphatic imine (C=N–C) groups is 1. The Bertz CT molecular complexity index is 793. The van der Waals surface area contributed by atoms with Gasteiger partial charge in [0, 0.05) is 13.1 Å². The predicted octanol–water partition coefficient (Wildman–Crippen LogP) is 3.86. The largest absolute Gasteiger partial charge is 0.434 e. The standard InChI is InChI=1S/C22H27N3O2S/c1-28-22(24-19-7-3-2-4-8-19)27-20-11-9-17(10-12-20)13-15-25-14-5-6-18(16-25)21(23)26/h2-4,7-12,18H,5-6,13-16H2,1H3,(H2,23,26). The number of piperidine rings is 1. The van der Waals surface area contributed by atoms with Gasteiger partial charge < -0.3 is 15.4 Å². The monoisotopic (exact) mass is 397 g/mol. The zero-order valence-corrected chi connectivity index (χ0v) is 17.0. The molecule has 2 aromatic rings. The van der Waals surface area contributed by atoms with Gasteiger partial charge >= 0.3 is 0 Å². The maximum absolute atomic E-state index is 11.4. The second-order valence-electron chi connectivity index (χ2n) is 6.96. The minimum Gasteiger partial charge on any atom is -0.434 e. The van der Waals surface area contributed by atoms with Crippen molar-refractivity contribution in [2.45, 2.75) is 19.3 Å². The molecular formula is C22H27N3O2S. The fourth-order valence-electron chi connectivity index (χ4n) is 3.32. The minimum atomic E-state index is -0.173. The first kappa shape index (κ1) is 20.4. The first-order valence-corrected chi connectivity index (χ1v) is 10.8. The van der Waals surface area contributed by atoms with Crippen molar-refractivity contribution in [3.63, 3.8) is 0 Å². The fraction of sp³-hybridized carbons (Fsp3) is 0.364. The van der Waals surface area contributed by atoms with Gasteiger partial charge in [0.2, 0.25) is 5.91 Å². The molecule has 1 amide bonds. The minimum absolute atomic E-state index is 0.00149. The number of primary amides is 1. The summed E-state index contributed by atoms with van der Waals surface area (Å²) in [6, 6.07) is 17.9. The summed E-state index contributed by atoms with van der Waals surface area (Å²) in [7, 11) is 0. The summed E-state index contributed by atoms with van der Waals surface area (Å²) in [5.74, 6) is 0.603. The van der Waals surface area contributed by atoms with E-state index in [1.807, 2.05) is 48.7 Å². The van der Waals surface area contributed by atoms with Gasteiger partial charge in [0.25, 0.3) is 5.23 Å². The molecule has 0 spiro atoms. The summed E-state index contributed by atoms with van der Waals surface area (Å²) in [6.07, 6.45) is 4.85. The zero-order valence-electron chi connectivity index (χ0n) is 16.2. The number of likely N-dealkylation sites (tertiary alicyclic amines) is 1. The third-order valence-electron chi connectivity index (χ3n) is 4.90. The average Bonchev–Trinajstić information content (AvgIpc) is 2.73. The molecule has 0 aliphatic carbocycles. The Kier molecular flexibility index (Phi) is 7.51. The van der Waals surface area contributed by atoms with Crippen LogP contribution in [0.3, 0.4) is 0 Å². The van der Waals surface area contributed by atoms with Crippen molar-refractivity contribution in [3.8, 4) is 5.75 Å². The van der Waals surface area contributed by atoms with Gasteiger partial charge in [-0.3, -0.25) is 4.79 Å². The van der Waals surface area contributed by atoms with Crippen LogP contribution in [-0.2, 0) is 11.2 Å². The molecule has 1 aliphatic rings. The fourth-order valence-corrected chi connectivity index (χ4v) is 3.70. The maximum Gasteiger partial charge on any atom is 0.256 e. The molecule has 2 aromatic carbocycles. The Labute approximate surface area is 171 Å². The molecule has 3 rings (SSSR count). The van der Waals surface area contributed by atoms with E-state index in [2.05, 4.69) is 22.0 Å². The van der Waals surface area contributed by atoms with Gasteiger partial charge in [0.05, 0.1) is 11.6 Å². The summed E-state index contributed by atoms with van der Waals surface area (Å²) >= 11 is 1.48. The third kappa shape index (κ3) is 6.11. The number of carbonyl (C=O) groups is 1. The normalized spacial score (nSPS) is 18.0. The molecule has 0 radical (unpaired) electrons. The molecule has 1 aliphatic heterocycles. The number of carbonyl (C=O) groups excluding carboxylic acids is 1. The Morgan fingerprint density at radius 2 is 1.96 bits per heavy atom. The summed E-state index contributed by atoms with van der Waals surface area (Å²) in [5, 5.41) is 0.616. The van der Waals surface area contributed by atoms with Crippen LogP contribution >= 0.6 is 11.8 Å². The molecule has 148 valence electrons. The van der Waals surface area contributed by atoms with Crippen molar-refractivity contribution in [2.75, 3.05) is 25.9 Å². The van der Waals surface area contributed by atoms with E-state index in [0.29, 0.717) is 5.23 Å². The van der Waals surface area contributed by atoms with E-state index in [4.69, 9.17) is 10.5 Å². The number of hydrogen-bond donors (Lipinski definition) is 1. The first-order valence-electron chi connectivity index (χ1n) is 9.60. The highest BCUT2D eigenvalue weighted by Crippen LogP contribution is 2.20. The quantitative estimate of drug-likeness (QED) is 0.594. The molecule has 1 heterocycles. The Morgan fingerprint density at radius 3 is 2.64 bits per heavy atom. The maximum atomic E-state index is 11.4. The van der Waals surface area contributed by atoms with Crippen molar-refractivity contribution >= 4 is 28.6 Å². The van der Waals surface area contributed by atoms with Crippen LogP contribution in [0.5, 0.6) is 5.75 Å². The number of thioether (sulfide) groups is 1. The lowest BCUT2D eigenvalue weighted by Crippen LogP contribution is -2.41. The number of para-hydroxylation sites is 1. The number of amides is 1. The number of nitrogens with zero attached hydrogens (tertiary/aromatic N) is 2. The first-order chi connectivity index (χ1) is 13.6. The van der Waals surface area contributed by atoms with Gasteiger partial charge in [-0.25, -0.2) is 4.99 Å². The zero-order chi connectivity index (χ0) is 19.8. The van der Waals surface area contributed by atoms with Crippen LogP contribution in [0, 0.1) is 5.92 Å². The molecule has 5 nitrogen and oxygen atoms in total. The molecule has 1 atom stereocenters. The lowest BCUT2D eigenvalue weighted by Gasteiger charge is -2.31. The number of hydrogen-bond acceptors (Lipinski definition) is 5. The molecule has 2 N–H and O–H groups in total. The van der Waals surface area contributed by atoms with Crippen molar-refractivity contribution in [1.82, 2.24) is 4.90 Å². The average molecular weight is 398 g/mol. The summed E-state index contributed by atoms with van der Waals surface area (Å²) in [5.41, 5.74) is 7.59. The number of nitrogens with two attached hydrogens (primary N) is 1. The number of ether oxygens (including phenoxy) is 1. The third-order valence-corrected chi connectivity index (χ3v) is 5.43. The van der Waals surface area contributed by atoms with Crippen LogP contribution in [0.4, 0.5) is 5.69 Å². The van der Waals surface area contributed by atoms with Gasteiger partial charge in [-0.05, 0) is 61.9 Å². The van der Waals surface area contributed by atoms with Gasteiger partial charge in [-0.2, -0.15) is 0 Å².